The minimum absolute atomic E-state index is 0.0661. The number of esters is 1. The summed E-state index contributed by atoms with van der Waals surface area (Å²) in [6.07, 6.45) is 0. The molecule has 36 heavy (non-hydrogen) atoms. The molecular weight excluding hydrogens is 458 g/mol. The van der Waals surface area contributed by atoms with E-state index >= 15 is 0 Å². The van der Waals surface area contributed by atoms with Crippen molar-refractivity contribution in [3.05, 3.63) is 83.9 Å². The van der Waals surface area contributed by atoms with Gasteiger partial charge in [0.25, 0.3) is 5.91 Å². The number of fused-ring (bicyclic) bond motifs is 1. The largest absolute Gasteiger partial charge is 0.497 e. The van der Waals surface area contributed by atoms with Gasteiger partial charge < -0.3 is 18.8 Å². The van der Waals surface area contributed by atoms with Crippen molar-refractivity contribution in [3.8, 4) is 17.2 Å². The fraction of sp³-hybridized carbons (Fsp3) is 0.250. The molecule has 0 radical (unpaired) electrons. The van der Waals surface area contributed by atoms with E-state index < -0.39 is 6.04 Å². The van der Waals surface area contributed by atoms with Crippen molar-refractivity contribution >= 4 is 23.0 Å². The van der Waals surface area contributed by atoms with Gasteiger partial charge in [-0.25, -0.2) is 9.78 Å². The van der Waals surface area contributed by atoms with Gasteiger partial charge in [-0.3, -0.25) is 9.69 Å². The van der Waals surface area contributed by atoms with Crippen LogP contribution in [0.15, 0.2) is 77.2 Å². The monoisotopic (exact) mass is 485 g/mol. The molecule has 2 heterocycles. The third-order valence-corrected chi connectivity index (χ3v) is 6.46. The first-order valence-corrected chi connectivity index (χ1v) is 11.8. The van der Waals surface area contributed by atoms with Crippen LogP contribution in [-0.2, 0) is 9.53 Å². The SMILES string of the molecule is COC(=O)[C@@H](c1ccccc1)N1CCN(C(=O)c2cccc(-c3nc4cc(OC)ccc4o3)c2)CC1. The van der Waals surface area contributed by atoms with E-state index in [1.54, 1.807) is 19.2 Å². The van der Waals surface area contributed by atoms with E-state index in [2.05, 4.69) is 9.88 Å². The van der Waals surface area contributed by atoms with Crippen molar-refractivity contribution in [1.82, 2.24) is 14.8 Å². The number of methoxy groups -OCH3 is 2. The number of nitrogens with zero attached hydrogens (tertiary/aromatic N) is 3. The zero-order chi connectivity index (χ0) is 25.1. The van der Waals surface area contributed by atoms with Crippen molar-refractivity contribution in [2.45, 2.75) is 6.04 Å². The standard InChI is InChI=1S/C28H27N3O5/c1-34-22-11-12-24-23(18-22)29-26(36-24)20-9-6-10-21(17-20)27(32)31-15-13-30(14-16-31)25(28(33)35-2)19-7-4-3-5-8-19/h3-12,17-18,25H,13-16H2,1-2H3/t25-/m1/s1. The molecule has 1 aliphatic rings. The third kappa shape index (κ3) is 4.67. The van der Waals surface area contributed by atoms with Crippen LogP contribution < -0.4 is 4.74 Å². The smallest absolute Gasteiger partial charge is 0.327 e. The van der Waals surface area contributed by atoms with Crippen LogP contribution in [0.4, 0.5) is 0 Å². The Hall–Kier alpha value is -4.17. The minimum Gasteiger partial charge on any atom is -0.497 e. The average Bonchev–Trinajstić information content (AvgIpc) is 3.37. The van der Waals surface area contributed by atoms with Gasteiger partial charge >= 0.3 is 5.97 Å². The molecule has 1 aliphatic heterocycles. The molecule has 1 atom stereocenters. The summed E-state index contributed by atoms with van der Waals surface area (Å²) in [5, 5.41) is 0. The second kappa shape index (κ2) is 10.2. The van der Waals surface area contributed by atoms with Crippen LogP contribution in [0.5, 0.6) is 5.75 Å². The minimum atomic E-state index is -0.491. The number of carbonyl (C=O) groups is 2. The maximum atomic E-state index is 13.3. The Labute approximate surface area is 209 Å². The van der Waals surface area contributed by atoms with Crippen molar-refractivity contribution in [2.24, 2.45) is 0 Å². The predicted molar refractivity (Wildman–Crippen MR) is 135 cm³/mol. The van der Waals surface area contributed by atoms with Gasteiger partial charge in [-0.15, -0.1) is 0 Å². The Morgan fingerprint density at radius 3 is 2.42 bits per heavy atom. The van der Waals surface area contributed by atoms with Crippen LogP contribution in [0.3, 0.4) is 0 Å². The van der Waals surface area contributed by atoms with Crippen LogP contribution >= 0.6 is 0 Å². The number of rotatable bonds is 6. The number of oxazole rings is 1. The van der Waals surface area contributed by atoms with Gasteiger partial charge in [0.1, 0.15) is 17.3 Å². The number of aromatic nitrogens is 1. The lowest BCUT2D eigenvalue weighted by atomic mass is 10.0. The van der Waals surface area contributed by atoms with Crippen molar-refractivity contribution in [3.63, 3.8) is 0 Å². The van der Waals surface area contributed by atoms with Gasteiger partial charge in [0.15, 0.2) is 5.58 Å². The summed E-state index contributed by atoms with van der Waals surface area (Å²) in [7, 11) is 3.01. The Morgan fingerprint density at radius 2 is 1.69 bits per heavy atom. The molecular formula is C28H27N3O5. The number of hydrogen-bond acceptors (Lipinski definition) is 7. The summed E-state index contributed by atoms with van der Waals surface area (Å²) in [5.74, 6) is 0.780. The molecule has 1 amide bonds. The molecule has 1 saturated heterocycles. The summed E-state index contributed by atoms with van der Waals surface area (Å²) in [6, 6.07) is 21.8. The lowest BCUT2D eigenvalue weighted by molar-refractivity contribution is -0.148. The van der Waals surface area contributed by atoms with E-state index in [0.29, 0.717) is 54.5 Å². The van der Waals surface area contributed by atoms with Crippen LogP contribution in [0, 0.1) is 0 Å². The Morgan fingerprint density at radius 1 is 0.917 bits per heavy atom. The molecule has 0 spiro atoms. The van der Waals surface area contributed by atoms with Crippen LogP contribution in [-0.4, -0.2) is 67.1 Å². The molecule has 5 rings (SSSR count). The highest BCUT2D eigenvalue weighted by Crippen LogP contribution is 2.28. The number of carbonyl (C=O) groups excluding carboxylic acids is 2. The average molecular weight is 486 g/mol. The van der Waals surface area contributed by atoms with Gasteiger partial charge in [-0.1, -0.05) is 36.4 Å². The van der Waals surface area contributed by atoms with Gasteiger partial charge in [0.2, 0.25) is 5.89 Å². The molecule has 0 N–H and O–H groups in total. The maximum Gasteiger partial charge on any atom is 0.327 e. The number of ether oxygens (including phenoxy) is 2. The van der Waals surface area contributed by atoms with E-state index in [-0.39, 0.29) is 11.9 Å². The number of hydrogen-bond donors (Lipinski definition) is 0. The van der Waals surface area contributed by atoms with Gasteiger partial charge in [-0.05, 0) is 35.9 Å². The van der Waals surface area contributed by atoms with Crippen molar-refractivity contribution in [1.29, 1.82) is 0 Å². The second-order valence-electron chi connectivity index (χ2n) is 8.60. The normalized spacial score (nSPS) is 15.0. The first-order valence-electron chi connectivity index (χ1n) is 11.8. The molecule has 0 bridgehead atoms. The molecule has 0 aliphatic carbocycles. The Balaban J connectivity index is 1.30. The maximum absolute atomic E-state index is 13.3. The summed E-state index contributed by atoms with van der Waals surface area (Å²) in [6.45, 7) is 2.14. The third-order valence-electron chi connectivity index (χ3n) is 6.46. The predicted octanol–water partition coefficient (Wildman–Crippen LogP) is 4.18. The zero-order valence-electron chi connectivity index (χ0n) is 20.2. The second-order valence-corrected chi connectivity index (χ2v) is 8.60. The van der Waals surface area contributed by atoms with E-state index in [4.69, 9.17) is 13.9 Å². The lowest BCUT2D eigenvalue weighted by Gasteiger charge is -2.38. The molecule has 0 unspecified atom stereocenters. The molecule has 4 aromatic rings. The van der Waals surface area contributed by atoms with E-state index in [0.717, 1.165) is 11.1 Å². The Kier molecular flexibility index (Phi) is 6.69. The fourth-order valence-corrected chi connectivity index (χ4v) is 4.55. The van der Waals surface area contributed by atoms with Gasteiger partial charge in [-0.2, -0.15) is 0 Å². The number of amides is 1. The number of piperazine rings is 1. The molecule has 1 fully saturated rings. The van der Waals surface area contributed by atoms with Crippen LogP contribution in [0.25, 0.3) is 22.6 Å². The quantitative estimate of drug-likeness (QED) is 0.379. The highest BCUT2D eigenvalue weighted by Gasteiger charge is 2.32. The highest BCUT2D eigenvalue weighted by molar-refractivity contribution is 5.95. The van der Waals surface area contributed by atoms with E-state index in [9.17, 15) is 9.59 Å². The van der Waals surface area contributed by atoms with Gasteiger partial charge in [0.05, 0.1) is 14.2 Å². The molecule has 8 nitrogen and oxygen atoms in total. The molecule has 1 aromatic heterocycles. The summed E-state index contributed by atoms with van der Waals surface area (Å²) in [5.41, 5.74) is 3.51. The molecule has 184 valence electrons. The van der Waals surface area contributed by atoms with Crippen LogP contribution in [0.2, 0.25) is 0 Å². The Bertz CT molecular complexity index is 1380. The topological polar surface area (TPSA) is 85.1 Å². The number of benzene rings is 3. The van der Waals surface area contributed by atoms with E-state index in [1.165, 1.54) is 7.11 Å². The summed E-state index contributed by atoms with van der Waals surface area (Å²) in [4.78, 5) is 34.3. The fourth-order valence-electron chi connectivity index (χ4n) is 4.55. The summed E-state index contributed by atoms with van der Waals surface area (Å²) >= 11 is 0. The summed E-state index contributed by atoms with van der Waals surface area (Å²) < 4.78 is 16.2. The molecule has 8 heteroatoms. The van der Waals surface area contributed by atoms with E-state index in [1.807, 2.05) is 65.6 Å². The van der Waals surface area contributed by atoms with Crippen LogP contribution in [0.1, 0.15) is 22.0 Å². The van der Waals surface area contributed by atoms with Crippen molar-refractivity contribution < 1.29 is 23.5 Å². The lowest BCUT2D eigenvalue weighted by Crippen LogP contribution is -2.51. The van der Waals surface area contributed by atoms with Gasteiger partial charge in [0, 0.05) is 43.4 Å². The molecule has 3 aromatic carbocycles. The first-order chi connectivity index (χ1) is 17.6. The molecule has 0 saturated carbocycles. The van der Waals surface area contributed by atoms with Crippen molar-refractivity contribution in [2.75, 3.05) is 40.4 Å². The first kappa shape index (κ1) is 23.6. The highest BCUT2D eigenvalue weighted by atomic mass is 16.5. The zero-order valence-corrected chi connectivity index (χ0v) is 20.2.